The molecule has 2 aromatic carbocycles. The summed E-state index contributed by atoms with van der Waals surface area (Å²) in [5, 5.41) is 10.6. The maximum Gasteiger partial charge on any atom is 0.335 e. The van der Waals surface area contributed by atoms with Crippen LogP contribution in [0.25, 0.3) is 33.2 Å². The van der Waals surface area contributed by atoms with Gasteiger partial charge in [0.2, 0.25) is 0 Å². The number of aromatic amines is 1. The number of rotatable bonds is 6. The average molecular weight is 429 g/mol. The number of benzene rings is 2. The van der Waals surface area contributed by atoms with Crippen molar-refractivity contribution < 1.29 is 9.90 Å². The number of aryl methyl sites for hydroxylation is 1. The van der Waals surface area contributed by atoms with Gasteiger partial charge in [0, 0.05) is 34.7 Å². The molecule has 0 amide bonds. The number of nitrogens with one attached hydrogen (secondary N) is 1. The Balaban J connectivity index is 1.69. The number of fused-ring (bicyclic) bond motifs is 2. The van der Waals surface area contributed by atoms with Crippen LogP contribution < -0.4 is 4.90 Å². The van der Waals surface area contributed by atoms with Crippen LogP contribution in [0.5, 0.6) is 0 Å². The van der Waals surface area contributed by atoms with Crippen molar-refractivity contribution in [3.8, 4) is 11.3 Å². The number of aromatic carboxylic acids is 1. The lowest BCUT2D eigenvalue weighted by molar-refractivity contribution is 0.0697. The fourth-order valence-corrected chi connectivity index (χ4v) is 4.85. The van der Waals surface area contributed by atoms with Crippen molar-refractivity contribution in [1.29, 1.82) is 0 Å². The van der Waals surface area contributed by atoms with Gasteiger partial charge in [0.25, 0.3) is 0 Å². The van der Waals surface area contributed by atoms with Crippen LogP contribution in [0.2, 0.25) is 0 Å². The van der Waals surface area contributed by atoms with Gasteiger partial charge in [-0.15, -0.1) is 0 Å². The highest BCUT2D eigenvalue weighted by molar-refractivity contribution is 5.94. The lowest BCUT2D eigenvalue weighted by Gasteiger charge is -2.27. The summed E-state index contributed by atoms with van der Waals surface area (Å²) in [4.78, 5) is 27.3. The second-order valence-corrected chi connectivity index (χ2v) is 8.79. The third-order valence-electron chi connectivity index (χ3n) is 6.46. The van der Waals surface area contributed by atoms with E-state index in [4.69, 9.17) is 9.97 Å². The molecule has 6 nitrogen and oxygen atoms in total. The first kappa shape index (κ1) is 20.5. The molecule has 1 aliphatic rings. The number of H-pyrrole nitrogens is 1. The van der Waals surface area contributed by atoms with E-state index in [-0.39, 0.29) is 5.56 Å². The molecule has 1 atom stereocenters. The van der Waals surface area contributed by atoms with Gasteiger partial charge in [0.05, 0.1) is 16.6 Å². The van der Waals surface area contributed by atoms with Gasteiger partial charge in [0.1, 0.15) is 5.69 Å². The van der Waals surface area contributed by atoms with Crippen LogP contribution in [0.4, 0.5) is 5.82 Å². The Kier molecular flexibility index (Phi) is 5.29. The van der Waals surface area contributed by atoms with Gasteiger partial charge < -0.3 is 15.0 Å². The number of hydrogen-bond donors (Lipinski definition) is 2. The monoisotopic (exact) mass is 428 g/mol. The molecule has 2 aromatic heterocycles. The fraction of sp³-hybridized carbons (Fsp3) is 0.346. The van der Waals surface area contributed by atoms with Crippen LogP contribution in [-0.2, 0) is 0 Å². The topological polar surface area (TPSA) is 82.1 Å². The number of nitrogens with zero attached hydrogens (tertiary/aromatic N) is 3. The molecule has 6 heteroatoms. The molecule has 0 bridgehead atoms. The second kappa shape index (κ2) is 8.26. The molecule has 5 rings (SSSR count). The summed E-state index contributed by atoms with van der Waals surface area (Å²) >= 11 is 0. The summed E-state index contributed by atoms with van der Waals surface area (Å²) in [5.41, 5.74) is 5.71. The summed E-state index contributed by atoms with van der Waals surface area (Å²) < 4.78 is 0. The molecule has 2 N–H and O–H groups in total. The van der Waals surface area contributed by atoms with Gasteiger partial charge >= 0.3 is 5.97 Å². The maximum absolute atomic E-state index is 11.5. The molecule has 4 aromatic rings. The van der Waals surface area contributed by atoms with Crippen molar-refractivity contribution in [1.82, 2.24) is 15.0 Å². The molecule has 1 unspecified atom stereocenters. The Bertz CT molecular complexity index is 1310. The van der Waals surface area contributed by atoms with Crippen molar-refractivity contribution in [2.45, 2.75) is 52.0 Å². The molecule has 0 spiro atoms. The van der Waals surface area contributed by atoms with Gasteiger partial charge in [-0.3, -0.25) is 0 Å². The Labute approximate surface area is 187 Å². The smallest absolute Gasteiger partial charge is 0.335 e. The zero-order valence-electron chi connectivity index (χ0n) is 18.6. The van der Waals surface area contributed by atoms with E-state index in [0.717, 1.165) is 59.5 Å². The third-order valence-corrected chi connectivity index (χ3v) is 6.46. The number of unbranched alkanes of at least 4 members (excludes halogenated alkanes) is 1. The van der Waals surface area contributed by atoms with Gasteiger partial charge in [0.15, 0.2) is 5.82 Å². The summed E-state index contributed by atoms with van der Waals surface area (Å²) in [7, 11) is 0. The number of hydrogen-bond acceptors (Lipinski definition) is 4. The molecule has 1 saturated heterocycles. The Hall–Kier alpha value is -3.41. The molecule has 0 saturated carbocycles. The molecule has 32 heavy (non-hydrogen) atoms. The van der Waals surface area contributed by atoms with E-state index in [1.165, 1.54) is 12.8 Å². The predicted octanol–water partition coefficient (Wildman–Crippen LogP) is 5.94. The van der Waals surface area contributed by atoms with Gasteiger partial charge in [-0.25, -0.2) is 14.8 Å². The molecule has 164 valence electrons. The lowest BCUT2D eigenvalue weighted by atomic mass is 10.1. The highest BCUT2D eigenvalue weighted by Gasteiger charge is 2.28. The Morgan fingerprint density at radius 1 is 1.16 bits per heavy atom. The van der Waals surface area contributed by atoms with Crippen molar-refractivity contribution in [2.24, 2.45) is 0 Å². The molecule has 0 radical (unpaired) electrons. The number of carbonyl (C=O) groups is 1. The zero-order chi connectivity index (χ0) is 22.2. The normalized spacial score (nSPS) is 16.3. The molecular formula is C26H28N4O2. The number of anilines is 1. The Morgan fingerprint density at radius 2 is 2.03 bits per heavy atom. The standard InChI is InChI=1S/C26H28N4O2/c1-3-4-6-20-7-5-12-30(20)25-24(17-8-10-21-19(14-17)13-16(2)27-21)28-22-11-9-18(26(31)32)15-23(22)29-25/h8-11,13-15,20,27H,3-7,12H2,1-2H3,(H,31,32). The third kappa shape index (κ3) is 3.70. The first-order chi connectivity index (χ1) is 15.5. The quantitative estimate of drug-likeness (QED) is 0.397. The number of aromatic nitrogens is 3. The van der Waals surface area contributed by atoms with Crippen LogP contribution in [-0.4, -0.2) is 38.6 Å². The number of carboxylic acid groups (broad SMARTS) is 1. The summed E-state index contributed by atoms with van der Waals surface area (Å²) in [5.74, 6) is -0.0835. The highest BCUT2D eigenvalue weighted by atomic mass is 16.4. The second-order valence-electron chi connectivity index (χ2n) is 8.79. The van der Waals surface area contributed by atoms with E-state index in [0.29, 0.717) is 17.1 Å². The van der Waals surface area contributed by atoms with Crippen LogP contribution in [0.15, 0.2) is 42.5 Å². The largest absolute Gasteiger partial charge is 0.478 e. The summed E-state index contributed by atoms with van der Waals surface area (Å²) in [6.07, 6.45) is 5.80. The van der Waals surface area contributed by atoms with E-state index < -0.39 is 5.97 Å². The fourth-order valence-electron chi connectivity index (χ4n) is 4.85. The van der Waals surface area contributed by atoms with Crippen LogP contribution >= 0.6 is 0 Å². The van der Waals surface area contributed by atoms with Crippen LogP contribution in [0.1, 0.15) is 55.1 Å². The maximum atomic E-state index is 11.5. The molecule has 1 fully saturated rings. The summed E-state index contributed by atoms with van der Waals surface area (Å²) in [6, 6.07) is 13.9. The zero-order valence-corrected chi connectivity index (χ0v) is 18.6. The first-order valence-electron chi connectivity index (χ1n) is 11.4. The van der Waals surface area contributed by atoms with E-state index >= 15 is 0 Å². The first-order valence-corrected chi connectivity index (χ1v) is 11.4. The Morgan fingerprint density at radius 3 is 2.84 bits per heavy atom. The SMILES string of the molecule is CCCCC1CCCN1c1nc2cc(C(=O)O)ccc2nc1-c1ccc2[nH]c(C)cc2c1. The molecule has 0 aliphatic carbocycles. The minimum atomic E-state index is -0.949. The van der Waals surface area contributed by atoms with Crippen molar-refractivity contribution >= 4 is 33.7 Å². The predicted molar refractivity (Wildman–Crippen MR) is 128 cm³/mol. The number of carboxylic acids is 1. The van der Waals surface area contributed by atoms with Crippen molar-refractivity contribution in [2.75, 3.05) is 11.4 Å². The van der Waals surface area contributed by atoms with Crippen LogP contribution in [0.3, 0.4) is 0 Å². The van der Waals surface area contributed by atoms with Crippen molar-refractivity contribution in [3.63, 3.8) is 0 Å². The van der Waals surface area contributed by atoms with E-state index in [1.807, 2.05) is 0 Å². The van der Waals surface area contributed by atoms with Gasteiger partial charge in [-0.05, 0) is 62.6 Å². The average Bonchev–Trinajstić information content (AvgIpc) is 3.41. The van der Waals surface area contributed by atoms with Gasteiger partial charge in [-0.1, -0.05) is 25.8 Å². The van der Waals surface area contributed by atoms with E-state index in [2.05, 4.69) is 48.0 Å². The molecule has 3 heterocycles. The lowest BCUT2D eigenvalue weighted by Crippen LogP contribution is -2.30. The van der Waals surface area contributed by atoms with Crippen molar-refractivity contribution in [3.05, 3.63) is 53.7 Å². The van der Waals surface area contributed by atoms with E-state index in [9.17, 15) is 9.90 Å². The van der Waals surface area contributed by atoms with Crippen LogP contribution in [0, 0.1) is 6.92 Å². The summed E-state index contributed by atoms with van der Waals surface area (Å²) in [6.45, 7) is 5.23. The molecule has 1 aliphatic heterocycles. The molecular weight excluding hydrogens is 400 g/mol. The highest BCUT2D eigenvalue weighted by Crippen LogP contribution is 2.36. The van der Waals surface area contributed by atoms with E-state index in [1.54, 1.807) is 18.2 Å². The minimum absolute atomic E-state index is 0.235. The minimum Gasteiger partial charge on any atom is -0.478 e. The van der Waals surface area contributed by atoms with Gasteiger partial charge in [-0.2, -0.15) is 0 Å².